The molecule has 12 heteroatoms. The maximum Gasteiger partial charge on any atom is 0.408 e. The summed E-state index contributed by atoms with van der Waals surface area (Å²) in [5.74, 6) is -1.42. The molecule has 1 aromatic rings. The standard InChI is InChI=1S/C19H25N3O8S/c1-19(2,3)30-18(26)20-13(10-11-4-6-12(23)7-5-11)16(24)21-9-8-14-15(21)17(25)22(14)31(27,28)29/h4-7,13-15,23H,8-10H2,1-3H3,(H,20,26)(H,27,28,29)/t13-,14+,15-/m0/s1. The van der Waals surface area contributed by atoms with Crippen LogP contribution in [0.3, 0.4) is 0 Å². The number of phenols is 1. The summed E-state index contributed by atoms with van der Waals surface area (Å²) in [4.78, 5) is 39.0. The minimum Gasteiger partial charge on any atom is -0.508 e. The summed E-state index contributed by atoms with van der Waals surface area (Å²) in [6.45, 7) is 5.11. The van der Waals surface area contributed by atoms with Gasteiger partial charge in [0.25, 0.3) is 5.91 Å². The molecule has 2 heterocycles. The number of aromatic hydroxyl groups is 1. The molecule has 0 spiro atoms. The van der Waals surface area contributed by atoms with Crippen molar-refractivity contribution in [3.63, 3.8) is 0 Å². The summed E-state index contributed by atoms with van der Waals surface area (Å²) in [6, 6.07) is 3.12. The Morgan fingerprint density at radius 1 is 1.26 bits per heavy atom. The second-order valence-electron chi connectivity index (χ2n) is 8.51. The largest absolute Gasteiger partial charge is 0.508 e. The van der Waals surface area contributed by atoms with Gasteiger partial charge >= 0.3 is 16.4 Å². The fourth-order valence-corrected chi connectivity index (χ4v) is 4.68. The lowest BCUT2D eigenvalue weighted by molar-refractivity contribution is -0.152. The van der Waals surface area contributed by atoms with Gasteiger partial charge < -0.3 is 20.1 Å². The molecule has 170 valence electrons. The van der Waals surface area contributed by atoms with Crippen LogP contribution in [0, 0.1) is 0 Å². The van der Waals surface area contributed by atoms with Crippen LogP contribution in [0.15, 0.2) is 24.3 Å². The van der Waals surface area contributed by atoms with Crippen molar-refractivity contribution in [3.05, 3.63) is 29.8 Å². The molecule has 3 atom stereocenters. The monoisotopic (exact) mass is 455 g/mol. The lowest BCUT2D eigenvalue weighted by Crippen LogP contribution is -2.69. The topological polar surface area (TPSA) is 154 Å². The van der Waals surface area contributed by atoms with E-state index in [1.807, 2.05) is 0 Å². The average molecular weight is 455 g/mol. The molecule has 2 fully saturated rings. The zero-order valence-corrected chi connectivity index (χ0v) is 18.1. The number of carbonyl (C=O) groups is 3. The van der Waals surface area contributed by atoms with Crippen LogP contribution in [-0.2, 0) is 31.1 Å². The first kappa shape index (κ1) is 22.8. The summed E-state index contributed by atoms with van der Waals surface area (Å²) in [5, 5.41) is 12.0. The van der Waals surface area contributed by atoms with Crippen LogP contribution in [0.1, 0.15) is 32.8 Å². The van der Waals surface area contributed by atoms with Gasteiger partial charge in [-0.15, -0.1) is 0 Å². The molecular weight excluding hydrogens is 430 g/mol. The van der Waals surface area contributed by atoms with Gasteiger partial charge in [-0.1, -0.05) is 12.1 Å². The van der Waals surface area contributed by atoms with Crippen LogP contribution in [0.4, 0.5) is 4.79 Å². The molecular formula is C19H25N3O8S. The van der Waals surface area contributed by atoms with Crippen LogP contribution in [0.5, 0.6) is 5.75 Å². The number of β-lactam (4-membered cyclic amide) rings is 1. The fourth-order valence-electron chi connectivity index (χ4n) is 3.78. The summed E-state index contributed by atoms with van der Waals surface area (Å²) < 4.78 is 37.6. The molecule has 0 radical (unpaired) electrons. The van der Waals surface area contributed by atoms with Crippen molar-refractivity contribution < 1.29 is 37.2 Å². The van der Waals surface area contributed by atoms with Gasteiger partial charge in [0, 0.05) is 13.0 Å². The zero-order chi connectivity index (χ0) is 23.1. The maximum absolute atomic E-state index is 13.2. The van der Waals surface area contributed by atoms with Crippen molar-refractivity contribution >= 4 is 28.2 Å². The van der Waals surface area contributed by atoms with E-state index >= 15 is 0 Å². The molecule has 11 nitrogen and oxygen atoms in total. The first-order chi connectivity index (χ1) is 14.3. The Bertz CT molecular complexity index is 986. The number of hydrogen-bond acceptors (Lipinski definition) is 7. The molecule has 0 aliphatic carbocycles. The number of hydrogen-bond donors (Lipinski definition) is 3. The first-order valence-corrected chi connectivity index (χ1v) is 11.1. The quantitative estimate of drug-likeness (QED) is 0.427. The Kier molecular flexibility index (Phi) is 5.89. The van der Waals surface area contributed by atoms with E-state index in [2.05, 4.69) is 5.32 Å². The summed E-state index contributed by atoms with van der Waals surface area (Å²) in [6.07, 6.45) is -0.581. The van der Waals surface area contributed by atoms with Crippen LogP contribution in [0.2, 0.25) is 0 Å². The maximum atomic E-state index is 13.2. The molecule has 3 N–H and O–H groups in total. The van der Waals surface area contributed by atoms with Crippen molar-refractivity contribution in [2.75, 3.05) is 6.54 Å². The predicted molar refractivity (Wildman–Crippen MR) is 107 cm³/mol. The SMILES string of the molecule is CC(C)(C)OC(=O)N[C@@H](Cc1ccc(O)cc1)C(=O)N1CC[C@@H]2[C@H]1C(=O)N2S(=O)(=O)O. The highest BCUT2D eigenvalue weighted by Crippen LogP contribution is 2.36. The molecule has 0 aromatic heterocycles. The van der Waals surface area contributed by atoms with Crippen molar-refractivity contribution in [1.29, 1.82) is 0 Å². The predicted octanol–water partition coefficient (Wildman–Crippen LogP) is 0.443. The first-order valence-electron chi connectivity index (χ1n) is 9.66. The van der Waals surface area contributed by atoms with Gasteiger partial charge in [-0.25, -0.2) is 9.10 Å². The number of fused-ring (bicyclic) bond motifs is 1. The van der Waals surface area contributed by atoms with E-state index < -0.39 is 51.9 Å². The third-order valence-electron chi connectivity index (χ3n) is 5.03. The Labute approximate surface area is 179 Å². The van der Waals surface area contributed by atoms with Gasteiger partial charge in [0.05, 0.1) is 6.04 Å². The van der Waals surface area contributed by atoms with Gasteiger partial charge in [0.2, 0.25) is 5.91 Å². The van der Waals surface area contributed by atoms with Crippen LogP contribution >= 0.6 is 0 Å². The van der Waals surface area contributed by atoms with Gasteiger partial charge in [-0.2, -0.15) is 8.42 Å². The molecule has 2 aliphatic rings. The highest BCUT2D eigenvalue weighted by molar-refractivity contribution is 7.84. The van der Waals surface area contributed by atoms with Crippen LogP contribution in [0.25, 0.3) is 0 Å². The van der Waals surface area contributed by atoms with E-state index in [4.69, 9.17) is 4.74 Å². The lowest BCUT2D eigenvalue weighted by atomic mass is 9.99. The molecule has 2 aliphatic heterocycles. The van der Waals surface area contributed by atoms with Gasteiger partial charge in [-0.05, 0) is 44.9 Å². The van der Waals surface area contributed by atoms with E-state index in [0.717, 1.165) is 0 Å². The normalized spacial score (nSPS) is 21.9. The molecule has 0 bridgehead atoms. The average Bonchev–Trinajstić information content (AvgIpc) is 2.98. The molecule has 1 aromatic carbocycles. The fraction of sp³-hybridized carbons (Fsp3) is 0.526. The number of ether oxygens (including phenoxy) is 1. The molecule has 3 amide bonds. The minimum atomic E-state index is -4.70. The zero-order valence-electron chi connectivity index (χ0n) is 17.3. The number of nitrogens with one attached hydrogen (secondary N) is 1. The molecule has 0 unspecified atom stereocenters. The summed E-state index contributed by atoms with van der Waals surface area (Å²) >= 11 is 0. The van der Waals surface area contributed by atoms with Crippen molar-refractivity contribution in [2.24, 2.45) is 0 Å². The summed E-state index contributed by atoms with van der Waals surface area (Å²) in [7, 11) is -4.70. The number of carbonyl (C=O) groups excluding carboxylic acids is 3. The van der Waals surface area contributed by atoms with E-state index in [9.17, 15) is 32.5 Å². The smallest absolute Gasteiger partial charge is 0.408 e. The molecule has 2 saturated heterocycles. The Morgan fingerprint density at radius 3 is 2.42 bits per heavy atom. The van der Waals surface area contributed by atoms with E-state index in [1.165, 1.54) is 17.0 Å². The molecule has 31 heavy (non-hydrogen) atoms. The number of phenolic OH excluding ortho intramolecular Hbond substituents is 1. The molecule has 3 rings (SSSR count). The number of alkyl carbamates (subject to hydrolysis) is 1. The Morgan fingerprint density at radius 2 is 1.87 bits per heavy atom. The van der Waals surface area contributed by atoms with E-state index in [1.54, 1.807) is 32.9 Å². The number of benzene rings is 1. The van der Waals surface area contributed by atoms with E-state index in [-0.39, 0.29) is 25.1 Å². The summed E-state index contributed by atoms with van der Waals surface area (Å²) in [5.41, 5.74) is -0.156. The van der Waals surface area contributed by atoms with Gasteiger partial charge in [0.15, 0.2) is 0 Å². The van der Waals surface area contributed by atoms with Gasteiger partial charge in [0.1, 0.15) is 23.4 Å². The number of likely N-dealkylation sites (tertiary alicyclic amines) is 1. The van der Waals surface area contributed by atoms with Crippen molar-refractivity contribution in [1.82, 2.24) is 14.5 Å². The van der Waals surface area contributed by atoms with E-state index in [0.29, 0.717) is 9.87 Å². The lowest BCUT2D eigenvalue weighted by Gasteiger charge is -2.43. The molecule has 0 saturated carbocycles. The minimum absolute atomic E-state index is 0.0412. The number of rotatable bonds is 5. The highest BCUT2D eigenvalue weighted by atomic mass is 32.2. The second kappa shape index (κ2) is 8.00. The highest BCUT2D eigenvalue weighted by Gasteiger charge is 2.60. The number of nitrogens with zero attached hydrogens (tertiary/aromatic N) is 2. The van der Waals surface area contributed by atoms with Gasteiger partial charge in [-0.3, -0.25) is 14.1 Å². The second-order valence-corrected chi connectivity index (χ2v) is 9.80. The van der Waals surface area contributed by atoms with Crippen molar-refractivity contribution in [3.8, 4) is 5.75 Å². The number of amides is 3. The van der Waals surface area contributed by atoms with Crippen molar-refractivity contribution in [2.45, 2.75) is 57.3 Å². The Balaban J connectivity index is 1.80. The van der Waals surface area contributed by atoms with Crippen LogP contribution in [-0.4, -0.2) is 75.5 Å². The Hall–Kier alpha value is -2.86. The third kappa shape index (κ3) is 4.90. The van der Waals surface area contributed by atoms with Crippen LogP contribution < -0.4 is 5.32 Å². The third-order valence-corrected chi connectivity index (χ3v) is 5.98.